The molecule has 0 unspecified atom stereocenters. The quantitative estimate of drug-likeness (QED) is 0.623. The van der Waals surface area contributed by atoms with E-state index in [0.29, 0.717) is 30.5 Å². The first kappa shape index (κ1) is 15.7. The van der Waals surface area contributed by atoms with Crippen molar-refractivity contribution in [3.8, 4) is 0 Å². The van der Waals surface area contributed by atoms with E-state index >= 15 is 0 Å². The van der Waals surface area contributed by atoms with Gasteiger partial charge in [-0.15, -0.1) is 0 Å². The van der Waals surface area contributed by atoms with Gasteiger partial charge in [-0.2, -0.15) is 0 Å². The number of piperidine rings is 1. The third-order valence-corrected chi connectivity index (χ3v) is 6.97. The second kappa shape index (κ2) is 6.58. The number of ether oxygens (including phenoxy) is 1. The maximum atomic E-state index is 12.1. The molecular formula is C20H31NO2. The Hall–Kier alpha value is -0.830. The number of allylic oxidation sites excluding steroid dienone is 1. The van der Waals surface area contributed by atoms with Crippen molar-refractivity contribution in [3.05, 3.63) is 12.2 Å². The van der Waals surface area contributed by atoms with Crippen LogP contribution in [0, 0.1) is 29.6 Å². The smallest absolute Gasteiger partial charge is 0.309 e. The van der Waals surface area contributed by atoms with Crippen molar-refractivity contribution in [2.45, 2.75) is 70.4 Å². The van der Waals surface area contributed by atoms with Crippen molar-refractivity contribution >= 4 is 5.97 Å². The van der Waals surface area contributed by atoms with Crippen LogP contribution in [0.25, 0.3) is 0 Å². The fourth-order valence-corrected chi connectivity index (χ4v) is 5.78. The molecule has 0 spiro atoms. The highest BCUT2D eigenvalue weighted by Gasteiger charge is 2.50. The van der Waals surface area contributed by atoms with Crippen molar-refractivity contribution in [2.75, 3.05) is 6.61 Å². The topological polar surface area (TPSA) is 38.3 Å². The van der Waals surface area contributed by atoms with E-state index in [1.165, 1.54) is 44.9 Å². The fourth-order valence-electron chi connectivity index (χ4n) is 5.78. The largest absolute Gasteiger partial charge is 0.465 e. The number of fused-ring (bicyclic) bond motifs is 2. The molecule has 0 radical (unpaired) electrons. The number of carbonyl (C=O) groups excluding carboxylic acids is 1. The molecule has 2 heterocycles. The average molecular weight is 317 g/mol. The maximum Gasteiger partial charge on any atom is 0.309 e. The zero-order valence-corrected chi connectivity index (χ0v) is 14.4. The van der Waals surface area contributed by atoms with Crippen LogP contribution >= 0.6 is 0 Å². The minimum absolute atomic E-state index is 0.0850. The van der Waals surface area contributed by atoms with Crippen molar-refractivity contribution in [2.24, 2.45) is 29.6 Å². The van der Waals surface area contributed by atoms with Crippen molar-refractivity contribution in [3.63, 3.8) is 0 Å². The van der Waals surface area contributed by atoms with E-state index in [0.717, 1.165) is 18.3 Å². The molecule has 2 saturated carbocycles. The molecule has 7 atom stereocenters. The van der Waals surface area contributed by atoms with Crippen LogP contribution in [0.1, 0.15) is 58.3 Å². The lowest BCUT2D eigenvalue weighted by Gasteiger charge is -2.45. The molecule has 0 aromatic heterocycles. The Bertz CT molecular complexity index is 474. The first-order valence-electron chi connectivity index (χ1n) is 9.83. The van der Waals surface area contributed by atoms with Gasteiger partial charge in [0.05, 0.1) is 12.5 Å². The van der Waals surface area contributed by atoms with Gasteiger partial charge in [0.15, 0.2) is 0 Å². The molecule has 2 aliphatic carbocycles. The standard InChI is InChI=1S/C20H31NO2/c1-13-5-4-7-15(21-13)9-10-17-16-8-3-2-6-14(16)11-18-19(17)12-23-20(18)22/h9-10,13-19,21H,2-8,11-12H2,1H3/t13-,14-,15+,16+,17+,18+,19-/m1/s1. The van der Waals surface area contributed by atoms with Gasteiger partial charge in [-0.25, -0.2) is 0 Å². The Morgan fingerprint density at radius 1 is 1.04 bits per heavy atom. The predicted octanol–water partition coefficient (Wildman–Crippen LogP) is 3.69. The van der Waals surface area contributed by atoms with Gasteiger partial charge in [0.25, 0.3) is 0 Å². The SMILES string of the molecule is C[C@@H]1CCC[C@@H](C=C[C@@H]2[C@H]3COC(=O)[C@H]3C[C@H]3CCCC[C@@H]32)N1. The van der Waals surface area contributed by atoms with Gasteiger partial charge in [-0.05, 0) is 50.4 Å². The summed E-state index contributed by atoms with van der Waals surface area (Å²) in [6.07, 6.45) is 15.3. The summed E-state index contributed by atoms with van der Waals surface area (Å²) in [5, 5.41) is 3.71. The van der Waals surface area contributed by atoms with Gasteiger partial charge >= 0.3 is 5.97 Å². The molecule has 0 bridgehead atoms. The van der Waals surface area contributed by atoms with E-state index in [-0.39, 0.29) is 11.9 Å². The monoisotopic (exact) mass is 317 g/mol. The van der Waals surface area contributed by atoms with E-state index < -0.39 is 0 Å². The second-order valence-electron chi connectivity index (χ2n) is 8.41. The highest BCUT2D eigenvalue weighted by Crippen LogP contribution is 2.51. The number of esters is 1. The van der Waals surface area contributed by atoms with Gasteiger partial charge in [-0.1, -0.05) is 37.8 Å². The van der Waals surface area contributed by atoms with Crippen LogP contribution in [0.4, 0.5) is 0 Å². The van der Waals surface area contributed by atoms with Gasteiger partial charge < -0.3 is 10.1 Å². The Kier molecular flexibility index (Phi) is 4.49. The number of nitrogens with one attached hydrogen (secondary N) is 1. The molecule has 23 heavy (non-hydrogen) atoms. The molecule has 4 rings (SSSR count). The first-order chi connectivity index (χ1) is 11.2. The summed E-state index contributed by atoms with van der Waals surface area (Å²) in [7, 11) is 0. The number of carbonyl (C=O) groups is 1. The second-order valence-corrected chi connectivity index (χ2v) is 8.41. The van der Waals surface area contributed by atoms with Crippen LogP contribution in [0.15, 0.2) is 12.2 Å². The molecule has 4 aliphatic rings. The highest BCUT2D eigenvalue weighted by molar-refractivity contribution is 5.75. The van der Waals surface area contributed by atoms with E-state index in [9.17, 15) is 4.79 Å². The van der Waals surface area contributed by atoms with Crippen LogP contribution < -0.4 is 5.32 Å². The van der Waals surface area contributed by atoms with Crippen LogP contribution in [0.2, 0.25) is 0 Å². The minimum Gasteiger partial charge on any atom is -0.465 e. The molecule has 4 fully saturated rings. The molecule has 1 N–H and O–H groups in total. The number of hydrogen-bond acceptors (Lipinski definition) is 3. The predicted molar refractivity (Wildman–Crippen MR) is 90.9 cm³/mol. The van der Waals surface area contributed by atoms with E-state index in [1.54, 1.807) is 0 Å². The van der Waals surface area contributed by atoms with E-state index in [4.69, 9.17) is 4.74 Å². The summed E-state index contributed by atoms with van der Waals surface area (Å²) in [6.45, 7) is 2.95. The van der Waals surface area contributed by atoms with Crippen LogP contribution in [-0.2, 0) is 9.53 Å². The van der Waals surface area contributed by atoms with E-state index in [1.807, 2.05) is 0 Å². The zero-order chi connectivity index (χ0) is 15.8. The molecule has 0 aromatic rings. The number of hydrogen-bond donors (Lipinski definition) is 1. The van der Waals surface area contributed by atoms with Crippen molar-refractivity contribution < 1.29 is 9.53 Å². The zero-order valence-electron chi connectivity index (χ0n) is 14.4. The maximum absolute atomic E-state index is 12.1. The highest BCUT2D eigenvalue weighted by atomic mass is 16.5. The first-order valence-corrected chi connectivity index (χ1v) is 9.83. The molecule has 3 heteroatoms. The third-order valence-electron chi connectivity index (χ3n) is 6.97. The Morgan fingerprint density at radius 3 is 2.78 bits per heavy atom. The Labute approximate surface area is 140 Å². The summed E-state index contributed by atoms with van der Waals surface area (Å²) >= 11 is 0. The molecule has 2 saturated heterocycles. The molecule has 0 amide bonds. The van der Waals surface area contributed by atoms with Crippen LogP contribution in [0.5, 0.6) is 0 Å². The Balaban J connectivity index is 1.52. The van der Waals surface area contributed by atoms with Crippen molar-refractivity contribution in [1.29, 1.82) is 0 Å². The minimum atomic E-state index is 0.0850. The Morgan fingerprint density at radius 2 is 1.91 bits per heavy atom. The van der Waals surface area contributed by atoms with Gasteiger partial charge in [0.1, 0.15) is 0 Å². The fraction of sp³-hybridized carbons (Fsp3) is 0.850. The number of rotatable bonds is 2. The average Bonchev–Trinajstić information content (AvgIpc) is 2.93. The summed E-state index contributed by atoms with van der Waals surface area (Å²) in [5.41, 5.74) is 0. The summed E-state index contributed by atoms with van der Waals surface area (Å²) in [6, 6.07) is 1.16. The molecule has 3 nitrogen and oxygen atoms in total. The lowest BCUT2D eigenvalue weighted by molar-refractivity contribution is -0.142. The summed E-state index contributed by atoms with van der Waals surface area (Å²) in [5.74, 6) is 2.81. The normalized spacial score (nSPS) is 47.2. The van der Waals surface area contributed by atoms with Crippen LogP contribution in [0.3, 0.4) is 0 Å². The molecule has 128 valence electrons. The van der Waals surface area contributed by atoms with E-state index in [2.05, 4.69) is 24.4 Å². The van der Waals surface area contributed by atoms with Crippen molar-refractivity contribution in [1.82, 2.24) is 5.32 Å². The van der Waals surface area contributed by atoms with Gasteiger partial charge in [0, 0.05) is 18.0 Å². The van der Waals surface area contributed by atoms with Gasteiger partial charge in [-0.3, -0.25) is 4.79 Å². The van der Waals surface area contributed by atoms with Crippen LogP contribution in [-0.4, -0.2) is 24.7 Å². The number of cyclic esters (lactones) is 1. The van der Waals surface area contributed by atoms with Gasteiger partial charge in [0.2, 0.25) is 0 Å². The molecule has 0 aromatic carbocycles. The molecular weight excluding hydrogens is 286 g/mol. The molecule has 2 aliphatic heterocycles. The summed E-state index contributed by atoms with van der Waals surface area (Å²) in [4.78, 5) is 12.1. The lowest BCUT2D eigenvalue weighted by Crippen LogP contribution is -2.42. The third kappa shape index (κ3) is 3.09. The lowest BCUT2D eigenvalue weighted by atomic mass is 9.58. The summed E-state index contributed by atoms with van der Waals surface area (Å²) < 4.78 is 5.46.